The Bertz CT molecular complexity index is 289. The normalized spacial score (nSPS) is 32.4. The van der Waals surface area contributed by atoms with E-state index in [-0.39, 0.29) is 5.91 Å². The van der Waals surface area contributed by atoms with Crippen LogP contribution < -0.4 is 11.1 Å². The predicted molar refractivity (Wildman–Crippen MR) is 82.8 cm³/mol. The summed E-state index contributed by atoms with van der Waals surface area (Å²) in [4.78, 5) is 0. The molecule has 5 heteroatoms. The molecule has 0 spiro atoms. The maximum Gasteiger partial charge on any atom is 0.136 e. The Labute approximate surface area is 126 Å². The summed E-state index contributed by atoms with van der Waals surface area (Å²) in [7, 11) is 4.15. The molecule has 0 aromatic heterocycles. The molecule has 2 fully saturated rings. The number of nitrogens with two attached hydrogens (primary N) is 1. The summed E-state index contributed by atoms with van der Waals surface area (Å²) in [5.41, 5.74) is 6.50. The monoisotopic (exact) mass is 298 g/mol. The zero-order valence-electron chi connectivity index (χ0n) is 13.0. The molecule has 2 aliphatic rings. The topological polar surface area (TPSA) is 56.5 Å². The van der Waals surface area contributed by atoms with Gasteiger partial charge in [-0.05, 0) is 62.4 Å². The molecule has 3 atom stereocenters. The minimum Gasteiger partial charge on any atom is -0.360 e. The van der Waals surface area contributed by atoms with Crippen molar-refractivity contribution in [3.05, 3.63) is 0 Å². The van der Waals surface area contributed by atoms with Gasteiger partial charge in [-0.3, -0.25) is 0 Å². The fourth-order valence-corrected chi connectivity index (χ4v) is 5.13. The zero-order valence-corrected chi connectivity index (χ0v) is 14.0. The number of hydrogen-bond acceptors (Lipinski definition) is 4. The Morgan fingerprint density at radius 1 is 1.40 bits per heavy atom. The lowest BCUT2D eigenvalue weighted by Crippen LogP contribution is -2.40. The van der Waals surface area contributed by atoms with Crippen molar-refractivity contribution in [3.8, 4) is 0 Å². The highest BCUT2D eigenvalue weighted by Crippen LogP contribution is 2.56. The highest BCUT2D eigenvalue weighted by atomic mass is 28.2. The highest BCUT2D eigenvalue weighted by Gasteiger charge is 2.50. The van der Waals surface area contributed by atoms with Crippen LogP contribution in [-0.2, 0) is 9.47 Å². The van der Waals surface area contributed by atoms with Gasteiger partial charge < -0.3 is 20.5 Å². The zero-order chi connectivity index (χ0) is 14.4. The van der Waals surface area contributed by atoms with Gasteiger partial charge in [-0.1, -0.05) is 6.04 Å². The summed E-state index contributed by atoms with van der Waals surface area (Å²) in [6, 6.07) is 1.18. The predicted octanol–water partition coefficient (Wildman–Crippen LogP) is 1.43. The maximum atomic E-state index is 5.97. The molecule has 0 aliphatic heterocycles. The quantitative estimate of drug-likeness (QED) is 0.364. The molecular formula is C15H30N2O2Si. The second-order valence-corrected chi connectivity index (χ2v) is 7.81. The van der Waals surface area contributed by atoms with E-state index in [1.807, 2.05) is 0 Å². The Hall–Kier alpha value is 0.0569. The SMILES string of the molecule is COC(OC)[Si]CCCNCC12CCC(CC1CN)C2. The minimum absolute atomic E-state index is 0.0133. The van der Waals surface area contributed by atoms with E-state index < -0.39 is 0 Å². The van der Waals surface area contributed by atoms with Gasteiger partial charge in [0.1, 0.15) is 15.4 Å². The molecule has 2 bridgehead atoms. The lowest BCUT2D eigenvalue weighted by molar-refractivity contribution is -0.0441. The van der Waals surface area contributed by atoms with Crippen LogP contribution in [0.5, 0.6) is 0 Å². The van der Waals surface area contributed by atoms with E-state index in [1.165, 1.54) is 44.7 Å². The van der Waals surface area contributed by atoms with E-state index in [4.69, 9.17) is 15.2 Å². The van der Waals surface area contributed by atoms with Gasteiger partial charge >= 0.3 is 0 Å². The first kappa shape index (κ1) is 16.4. The summed E-state index contributed by atoms with van der Waals surface area (Å²) >= 11 is 0. The number of rotatable bonds is 10. The van der Waals surface area contributed by atoms with E-state index in [2.05, 4.69) is 5.32 Å². The fourth-order valence-electron chi connectivity index (χ4n) is 4.18. The van der Waals surface area contributed by atoms with Crippen molar-refractivity contribution in [3.63, 3.8) is 0 Å². The van der Waals surface area contributed by atoms with Gasteiger partial charge in [-0.25, -0.2) is 0 Å². The van der Waals surface area contributed by atoms with Crippen molar-refractivity contribution >= 4 is 9.52 Å². The van der Waals surface area contributed by atoms with Gasteiger partial charge in [0, 0.05) is 20.8 Å². The number of ether oxygens (including phenoxy) is 2. The lowest BCUT2D eigenvalue weighted by Gasteiger charge is -2.34. The molecule has 2 rings (SSSR count). The Balaban J connectivity index is 1.59. The summed E-state index contributed by atoms with van der Waals surface area (Å²) in [6.07, 6.45) is 6.82. The average Bonchev–Trinajstić information content (AvgIpc) is 3.04. The van der Waals surface area contributed by atoms with Gasteiger partial charge in [-0.15, -0.1) is 0 Å². The van der Waals surface area contributed by atoms with Crippen molar-refractivity contribution in [1.82, 2.24) is 5.32 Å². The summed E-state index contributed by atoms with van der Waals surface area (Å²) in [6.45, 7) is 3.16. The second-order valence-electron chi connectivity index (χ2n) is 6.43. The number of methoxy groups -OCH3 is 2. The Morgan fingerprint density at radius 3 is 2.85 bits per heavy atom. The molecular weight excluding hydrogens is 268 g/mol. The molecule has 2 saturated carbocycles. The highest BCUT2D eigenvalue weighted by molar-refractivity contribution is 6.36. The summed E-state index contributed by atoms with van der Waals surface area (Å²) < 4.78 is 10.4. The lowest BCUT2D eigenvalue weighted by atomic mass is 9.75. The molecule has 2 radical (unpaired) electrons. The van der Waals surface area contributed by atoms with Crippen LogP contribution in [-0.4, -0.2) is 49.3 Å². The van der Waals surface area contributed by atoms with E-state index >= 15 is 0 Å². The first-order valence-electron chi connectivity index (χ1n) is 7.94. The van der Waals surface area contributed by atoms with E-state index in [9.17, 15) is 0 Å². The summed E-state index contributed by atoms with van der Waals surface area (Å²) in [5, 5.41) is 3.69. The fraction of sp³-hybridized carbons (Fsp3) is 1.00. The van der Waals surface area contributed by atoms with Gasteiger partial charge in [0.25, 0.3) is 0 Å². The maximum absolute atomic E-state index is 5.97. The molecule has 0 aromatic carbocycles. The first-order chi connectivity index (χ1) is 9.74. The molecule has 20 heavy (non-hydrogen) atoms. The van der Waals surface area contributed by atoms with Crippen LogP contribution in [0.25, 0.3) is 0 Å². The molecule has 2 aliphatic carbocycles. The van der Waals surface area contributed by atoms with Gasteiger partial charge in [-0.2, -0.15) is 0 Å². The third-order valence-corrected chi connectivity index (χ3v) is 6.71. The van der Waals surface area contributed by atoms with Crippen LogP contribution in [0, 0.1) is 17.3 Å². The van der Waals surface area contributed by atoms with Crippen LogP contribution in [0.4, 0.5) is 0 Å². The molecule has 0 amide bonds. The van der Waals surface area contributed by atoms with Crippen molar-refractivity contribution in [2.45, 2.75) is 44.1 Å². The van der Waals surface area contributed by atoms with Crippen molar-refractivity contribution < 1.29 is 9.47 Å². The van der Waals surface area contributed by atoms with Gasteiger partial charge in [0.05, 0.1) is 0 Å². The standard InChI is InChI=1S/C15H30N2O2Si/c1-18-14(19-2)20-7-3-6-17-11-15-5-4-12(9-15)8-13(15)10-16/h12-14,17H,3-11,16H2,1-2H3. The molecule has 3 unspecified atom stereocenters. The number of nitrogens with one attached hydrogen (secondary N) is 1. The number of fused-ring (bicyclic) bond motifs is 2. The Morgan fingerprint density at radius 2 is 2.20 bits per heavy atom. The third-order valence-electron chi connectivity index (χ3n) is 5.26. The van der Waals surface area contributed by atoms with E-state index in [0.717, 1.165) is 34.4 Å². The molecule has 3 N–H and O–H groups in total. The van der Waals surface area contributed by atoms with Crippen molar-refractivity contribution in [1.29, 1.82) is 0 Å². The van der Waals surface area contributed by atoms with Gasteiger partial charge in [0.15, 0.2) is 0 Å². The Kier molecular flexibility index (Phi) is 6.48. The van der Waals surface area contributed by atoms with Gasteiger partial charge in [0.2, 0.25) is 0 Å². The largest absolute Gasteiger partial charge is 0.360 e. The first-order valence-corrected chi connectivity index (χ1v) is 9.22. The molecule has 4 nitrogen and oxygen atoms in total. The summed E-state index contributed by atoms with van der Waals surface area (Å²) in [5.74, 6) is 1.72. The smallest absolute Gasteiger partial charge is 0.136 e. The molecule has 116 valence electrons. The van der Waals surface area contributed by atoms with Crippen LogP contribution in [0.15, 0.2) is 0 Å². The van der Waals surface area contributed by atoms with Crippen LogP contribution in [0.2, 0.25) is 6.04 Å². The number of hydrogen-bond donors (Lipinski definition) is 2. The van der Waals surface area contributed by atoms with Crippen LogP contribution >= 0.6 is 0 Å². The van der Waals surface area contributed by atoms with Crippen molar-refractivity contribution in [2.24, 2.45) is 23.0 Å². The minimum atomic E-state index is -0.0133. The van der Waals surface area contributed by atoms with E-state index in [0.29, 0.717) is 5.41 Å². The molecule has 0 heterocycles. The molecule has 0 saturated heterocycles. The van der Waals surface area contributed by atoms with Crippen LogP contribution in [0.3, 0.4) is 0 Å². The molecule has 0 aromatic rings. The third kappa shape index (κ3) is 3.83. The average molecular weight is 299 g/mol. The van der Waals surface area contributed by atoms with Crippen LogP contribution in [0.1, 0.15) is 32.1 Å². The van der Waals surface area contributed by atoms with E-state index in [1.54, 1.807) is 14.2 Å². The second kappa shape index (κ2) is 7.89. The van der Waals surface area contributed by atoms with Crippen molar-refractivity contribution in [2.75, 3.05) is 33.9 Å².